The second-order valence-corrected chi connectivity index (χ2v) is 10.0. The number of hydrogen-bond acceptors (Lipinski definition) is 5. The summed E-state index contributed by atoms with van der Waals surface area (Å²) in [5, 5.41) is 0.444. The molecule has 3 aliphatic rings. The Hall–Kier alpha value is -2.91. The number of thiazole rings is 1. The van der Waals surface area contributed by atoms with Crippen LogP contribution in [0.15, 0.2) is 60.2 Å². The van der Waals surface area contributed by atoms with Gasteiger partial charge in [0.1, 0.15) is 12.1 Å². The molecular formula is C25H25F2N3O3S. The lowest BCUT2D eigenvalue weighted by Crippen LogP contribution is -2.52. The van der Waals surface area contributed by atoms with E-state index in [0.29, 0.717) is 49.4 Å². The van der Waals surface area contributed by atoms with Gasteiger partial charge >= 0.3 is 0 Å². The highest BCUT2D eigenvalue weighted by molar-refractivity contribution is 7.20. The first-order valence-electron chi connectivity index (χ1n) is 11.3. The zero-order valence-electron chi connectivity index (χ0n) is 18.8. The number of para-hydroxylation sites is 1. The van der Waals surface area contributed by atoms with E-state index in [2.05, 4.69) is 11.6 Å². The Kier molecular flexibility index (Phi) is 5.85. The van der Waals surface area contributed by atoms with Crippen LogP contribution < -0.4 is 0 Å². The lowest BCUT2D eigenvalue weighted by Gasteiger charge is -2.37. The largest absolute Gasteiger partial charge is 0.342 e. The minimum Gasteiger partial charge on any atom is -0.342 e. The predicted molar refractivity (Wildman–Crippen MR) is 125 cm³/mol. The number of carbonyl (C=O) groups is 2. The van der Waals surface area contributed by atoms with Gasteiger partial charge in [-0.15, -0.1) is 11.3 Å². The number of halogens is 2. The molecule has 1 aromatic heterocycles. The van der Waals surface area contributed by atoms with Gasteiger partial charge in [0, 0.05) is 32.0 Å². The molecule has 0 N–H and O–H groups in total. The van der Waals surface area contributed by atoms with Crippen LogP contribution in [0.2, 0.25) is 0 Å². The second kappa shape index (κ2) is 8.70. The van der Waals surface area contributed by atoms with Crippen molar-refractivity contribution in [3.8, 4) is 0 Å². The lowest BCUT2D eigenvalue weighted by atomic mass is 9.89. The molecule has 0 aliphatic carbocycles. The number of allylic oxidation sites excluding steroid dienone is 3. The number of amides is 2. The number of ether oxygens (including phenoxy) is 1. The first-order valence-corrected chi connectivity index (χ1v) is 12.1. The van der Waals surface area contributed by atoms with E-state index in [4.69, 9.17) is 4.74 Å². The lowest BCUT2D eigenvalue weighted by molar-refractivity contribution is -0.142. The Balaban J connectivity index is 1.27. The molecule has 2 atom stereocenters. The number of piperidine rings is 1. The van der Waals surface area contributed by atoms with Crippen LogP contribution in [0.1, 0.15) is 42.4 Å². The average Bonchev–Trinajstić information content (AvgIpc) is 3.47. The fourth-order valence-electron chi connectivity index (χ4n) is 5.08. The van der Waals surface area contributed by atoms with Gasteiger partial charge in [-0.1, -0.05) is 18.7 Å². The van der Waals surface area contributed by atoms with Gasteiger partial charge in [-0.2, -0.15) is 0 Å². The number of rotatable bonds is 4. The smallest absolute Gasteiger partial charge is 0.282 e. The van der Waals surface area contributed by atoms with Crippen LogP contribution in [-0.4, -0.2) is 57.6 Å². The summed E-state index contributed by atoms with van der Waals surface area (Å²) in [4.78, 5) is 34.3. The van der Waals surface area contributed by atoms with Crippen LogP contribution in [0.25, 0.3) is 10.2 Å². The van der Waals surface area contributed by atoms with E-state index in [-0.39, 0.29) is 11.8 Å². The third-order valence-corrected chi connectivity index (χ3v) is 7.77. The van der Waals surface area contributed by atoms with E-state index < -0.39 is 29.5 Å². The summed E-state index contributed by atoms with van der Waals surface area (Å²) in [5.74, 6) is -1.65. The third-order valence-electron chi connectivity index (χ3n) is 6.74. The van der Waals surface area contributed by atoms with Crippen molar-refractivity contribution >= 4 is 33.4 Å². The molecule has 4 heterocycles. The van der Waals surface area contributed by atoms with Gasteiger partial charge in [0.25, 0.3) is 11.8 Å². The molecule has 1 spiro atoms. The molecule has 0 saturated carbocycles. The minimum absolute atomic E-state index is 0.134. The van der Waals surface area contributed by atoms with E-state index in [0.717, 1.165) is 23.2 Å². The highest BCUT2D eigenvalue weighted by Gasteiger charge is 2.58. The van der Waals surface area contributed by atoms with E-state index in [1.54, 1.807) is 9.80 Å². The van der Waals surface area contributed by atoms with Crippen LogP contribution >= 0.6 is 11.3 Å². The molecule has 1 aromatic carbocycles. The number of aromatic nitrogens is 1. The van der Waals surface area contributed by atoms with Crippen molar-refractivity contribution in [2.75, 3.05) is 13.1 Å². The zero-order chi connectivity index (χ0) is 24.0. The van der Waals surface area contributed by atoms with E-state index in [9.17, 15) is 18.4 Å². The van der Waals surface area contributed by atoms with Crippen LogP contribution in [-0.2, 0) is 9.53 Å². The summed E-state index contributed by atoms with van der Waals surface area (Å²) < 4.78 is 34.2. The summed E-state index contributed by atoms with van der Waals surface area (Å²) >= 11 is 1.37. The number of carbonyl (C=O) groups excluding carboxylic acids is 2. The van der Waals surface area contributed by atoms with Crippen molar-refractivity contribution < 1.29 is 23.1 Å². The van der Waals surface area contributed by atoms with Gasteiger partial charge in [0.2, 0.25) is 0 Å². The van der Waals surface area contributed by atoms with Crippen LogP contribution in [0.5, 0.6) is 0 Å². The summed E-state index contributed by atoms with van der Waals surface area (Å²) in [5.41, 5.74) is 0.231. The number of fused-ring (bicyclic) bond motifs is 2. The molecule has 0 unspecified atom stereocenters. The molecular weight excluding hydrogens is 460 g/mol. The monoisotopic (exact) mass is 485 g/mol. The van der Waals surface area contributed by atoms with Gasteiger partial charge in [-0.05, 0) is 43.5 Å². The number of likely N-dealkylation sites (tertiary alicyclic amines) is 1. The summed E-state index contributed by atoms with van der Waals surface area (Å²) in [6.45, 7) is 5.87. The molecule has 2 aromatic rings. The Bertz CT molecular complexity index is 1190. The molecule has 3 saturated heterocycles. The summed E-state index contributed by atoms with van der Waals surface area (Å²) in [6.07, 6.45) is 3.59. The molecule has 9 heteroatoms. The molecule has 2 amide bonds. The first-order chi connectivity index (χ1) is 16.3. The summed E-state index contributed by atoms with van der Waals surface area (Å²) in [7, 11) is 0. The second-order valence-electron chi connectivity index (χ2n) is 8.99. The highest BCUT2D eigenvalue weighted by Crippen LogP contribution is 2.44. The number of benzene rings is 1. The molecule has 178 valence electrons. The van der Waals surface area contributed by atoms with Gasteiger partial charge < -0.3 is 14.5 Å². The van der Waals surface area contributed by atoms with Crippen molar-refractivity contribution in [3.63, 3.8) is 0 Å². The molecule has 5 rings (SSSR count). The van der Waals surface area contributed by atoms with E-state index in [1.165, 1.54) is 17.4 Å². The number of nitrogens with zero attached hydrogens (tertiary/aromatic N) is 3. The maximum Gasteiger partial charge on any atom is 0.282 e. The molecule has 3 aliphatic heterocycles. The fraction of sp³-hybridized carbons (Fsp3) is 0.400. The quantitative estimate of drug-likeness (QED) is 0.578. The maximum absolute atomic E-state index is 14.0. The Morgan fingerprint density at radius 1 is 1.24 bits per heavy atom. The van der Waals surface area contributed by atoms with Gasteiger partial charge in [0.15, 0.2) is 10.6 Å². The molecule has 0 radical (unpaired) electrons. The molecule has 34 heavy (non-hydrogen) atoms. The van der Waals surface area contributed by atoms with Crippen LogP contribution in [0, 0.1) is 0 Å². The Labute approximate surface area is 200 Å². The fourth-order valence-corrected chi connectivity index (χ4v) is 6.02. The van der Waals surface area contributed by atoms with Gasteiger partial charge in [0.05, 0.1) is 22.1 Å². The average molecular weight is 486 g/mol. The van der Waals surface area contributed by atoms with Crippen molar-refractivity contribution in [3.05, 3.63) is 65.2 Å². The van der Waals surface area contributed by atoms with Crippen molar-refractivity contribution in [2.24, 2.45) is 0 Å². The van der Waals surface area contributed by atoms with Gasteiger partial charge in [-0.3, -0.25) is 9.59 Å². The predicted octanol–water partition coefficient (Wildman–Crippen LogP) is 4.90. The van der Waals surface area contributed by atoms with Gasteiger partial charge in [-0.25, -0.2) is 13.8 Å². The Morgan fingerprint density at radius 3 is 2.68 bits per heavy atom. The standard InChI is InChI=1S/C25H25F2N3O3S/c1-15(13-17(27)14-16(2)26)19-7-8-21-30(19)24(32)25(33-21)9-11-29(12-10-25)23(31)22-28-18-5-3-4-6-20(18)34-22/h3-6,13-14,19,21H,1,7-12H2,2H3/b16-14+,17-13+/t19-,21+/m0/s1. The Morgan fingerprint density at radius 2 is 1.97 bits per heavy atom. The highest BCUT2D eigenvalue weighted by atomic mass is 32.1. The third kappa shape index (κ3) is 3.96. The zero-order valence-corrected chi connectivity index (χ0v) is 19.6. The van der Waals surface area contributed by atoms with Crippen molar-refractivity contribution in [1.82, 2.24) is 14.8 Å². The molecule has 6 nitrogen and oxygen atoms in total. The van der Waals surface area contributed by atoms with Crippen molar-refractivity contribution in [1.29, 1.82) is 0 Å². The minimum atomic E-state index is -0.980. The first kappa shape index (κ1) is 22.9. The normalized spacial score (nSPS) is 24.9. The van der Waals surface area contributed by atoms with E-state index >= 15 is 0 Å². The molecule has 3 fully saturated rings. The SMILES string of the molecule is C=C(/C=C(F)\C=C(/C)F)[C@@H]1CC[C@H]2OC3(CCN(C(=O)c4nc5ccccc5s4)CC3)C(=O)N21. The molecule has 0 bridgehead atoms. The van der Waals surface area contributed by atoms with Crippen LogP contribution in [0.3, 0.4) is 0 Å². The summed E-state index contributed by atoms with van der Waals surface area (Å²) in [6, 6.07) is 7.24. The topological polar surface area (TPSA) is 62.7 Å². The van der Waals surface area contributed by atoms with Crippen LogP contribution in [0.4, 0.5) is 8.78 Å². The maximum atomic E-state index is 14.0. The van der Waals surface area contributed by atoms with Crippen molar-refractivity contribution in [2.45, 2.75) is 50.5 Å². The number of hydrogen-bond donors (Lipinski definition) is 0. The van der Waals surface area contributed by atoms with E-state index in [1.807, 2.05) is 24.3 Å².